The third kappa shape index (κ3) is 12.2. The minimum Gasteiger partial charge on any atom is -0.494 e. The fourth-order valence-electron chi connectivity index (χ4n) is 5.69. The Morgan fingerprint density at radius 2 is 1.56 bits per heavy atom. The number of nitrogens with zero attached hydrogens (tertiary/aromatic N) is 2. The van der Waals surface area contributed by atoms with E-state index in [9.17, 15) is 4.79 Å². The van der Waals surface area contributed by atoms with Gasteiger partial charge in [0.05, 0.1) is 29.6 Å². The van der Waals surface area contributed by atoms with Crippen LogP contribution in [0.4, 0.5) is 10.8 Å². The quantitative estimate of drug-likeness (QED) is 0.0303. The number of carbonyl (C=O) groups excluding carboxylic acids is 1. The number of unbranched alkanes of at least 4 members (excludes halogenated alkanes) is 5. The van der Waals surface area contributed by atoms with Crippen LogP contribution in [0.3, 0.4) is 0 Å². The fraction of sp³-hybridized carbons (Fsp3) is 0.302. The lowest BCUT2D eigenvalue weighted by Crippen LogP contribution is -2.13. The molecule has 0 unspecified atom stereocenters. The monoisotopic (exact) mass is 715 g/mol. The smallest absolute Gasteiger partial charge is 0.255 e. The average molecular weight is 716 g/mol. The molecule has 8 nitrogen and oxygen atoms in total. The van der Waals surface area contributed by atoms with Crippen LogP contribution in [0.1, 0.15) is 84.5 Å². The first kappa shape index (κ1) is 38.0. The van der Waals surface area contributed by atoms with Crippen molar-refractivity contribution in [3.63, 3.8) is 0 Å². The molecule has 0 aliphatic rings. The molecular weight excluding hydrogens is 667 g/mol. The zero-order valence-electron chi connectivity index (χ0n) is 30.0. The molecule has 0 atom stereocenters. The highest BCUT2D eigenvalue weighted by molar-refractivity contribution is 7.22. The summed E-state index contributed by atoms with van der Waals surface area (Å²) < 4.78 is 12.2. The first-order valence-electron chi connectivity index (χ1n) is 18.2. The van der Waals surface area contributed by atoms with Gasteiger partial charge in [0, 0.05) is 16.8 Å². The minimum atomic E-state index is -0.209. The maximum atomic E-state index is 13.4. The van der Waals surface area contributed by atoms with E-state index in [4.69, 9.17) is 14.9 Å². The third-order valence-electron chi connectivity index (χ3n) is 8.68. The van der Waals surface area contributed by atoms with E-state index in [1.807, 2.05) is 42.5 Å². The Balaban J connectivity index is 1.18. The molecule has 1 heterocycles. The molecular formula is C43H49N5O3S. The SMILES string of the molecule is C=CC(=N)OCCCCCCOc1ccc(C(=O)Nc2ccc(CCc3ccc(CCCCC)cc3)cc2/C=N/Nc2nc3ccccc3s2)cc1. The number of anilines is 2. The number of rotatable bonds is 21. The molecule has 3 N–H and O–H groups in total. The van der Waals surface area contributed by atoms with Gasteiger partial charge in [-0.3, -0.25) is 15.6 Å². The summed E-state index contributed by atoms with van der Waals surface area (Å²) in [5.41, 5.74) is 9.88. The number of fused-ring (bicyclic) bond motifs is 1. The van der Waals surface area contributed by atoms with Crippen LogP contribution in [0.2, 0.25) is 0 Å². The Hall–Kier alpha value is -5.28. The number of hydrazone groups is 1. The van der Waals surface area contributed by atoms with Gasteiger partial charge in [0.1, 0.15) is 5.75 Å². The molecule has 5 aromatic rings. The van der Waals surface area contributed by atoms with E-state index in [1.165, 1.54) is 36.5 Å². The van der Waals surface area contributed by atoms with Gasteiger partial charge in [-0.25, -0.2) is 4.98 Å². The summed E-state index contributed by atoms with van der Waals surface area (Å²) in [6.07, 6.45) is 13.6. The second-order valence-electron chi connectivity index (χ2n) is 12.7. The summed E-state index contributed by atoms with van der Waals surface area (Å²) in [6, 6.07) is 30.3. The van der Waals surface area contributed by atoms with Gasteiger partial charge < -0.3 is 14.8 Å². The molecule has 0 bridgehead atoms. The van der Waals surface area contributed by atoms with Crippen LogP contribution in [0.5, 0.6) is 5.75 Å². The number of benzene rings is 4. The molecule has 0 fully saturated rings. The van der Waals surface area contributed by atoms with Crippen molar-refractivity contribution in [3.05, 3.63) is 131 Å². The van der Waals surface area contributed by atoms with Crippen molar-refractivity contribution in [1.82, 2.24) is 4.98 Å². The van der Waals surface area contributed by atoms with E-state index < -0.39 is 0 Å². The van der Waals surface area contributed by atoms with E-state index >= 15 is 0 Å². The maximum absolute atomic E-state index is 13.4. The van der Waals surface area contributed by atoms with Gasteiger partial charge in [0.2, 0.25) is 11.0 Å². The topological polar surface area (TPSA) is 109 Å². The summed E-state index contributed by atoms with van der Waals surface area (Å²) in [5.74, 6) is 0.629. The minimum absolute atomic E-state index is 0.113. The number of nitrogens with one attached hydrogen (secondary N) is 3. The molecule has 0 spiro atoms. The lowest BCUT2D eigenvalue weighted by atomic mass is 9.99. The van der Waals surface area contributed by atoms with Gasteiger partial charge in [0.25, 0.3) is 5.91 Å². The van der Waals surface area contributed by atoms with Crippen molar-refractivity contribution in [1.29, 1.82) is 5.41 Å². The molecule has 0 saturated heterocycles. The van der Waals surface area contributed by atoms with Gasteiger partial charge in [-0.15, -0.1) is 0 Å². The standard InChI is InChI=1S/C43H49N5O3S/c1-3-5-8-13-32-16-18-33(19-17-32)20-21-34-22-27-38(36(30-34)31-45-48-43-47-39-14-9-10-15-40(39)52-43)46-42(49)35-23-25-37(26-24-35)50-28-11-6-7-12-29-51-41(44)4-2/h4,9-10,14-19,22-27,30-31,44H,2-3,5-8,11-13,20-21,28-29H2,1H3,(H,46,49)(H,47,48)/b44-41?,45-31+. The largest absolute Gasteiger partial charge is 0.494 e. The zero-order chi connectivity index (χ0) is 36.4. The number of aromatic nitrogens is 1. The van der Waals surface area contributed by atoms with Crippen molar-refractivity contribution in [2.45, 2.75) is 71.1 Å². The molecule has 5 rings (SSSR count). The highest BCUT2D eigenvalue weighted by Gasteiger charge is 2.11. The van der Waals surface area contributed by atoms with Crippen LogP contribution in [0.25, 0.3) is 10.2 Å². The number of para-hydroxylation sites is 1. The second kappa shape index (κ2) is 20.5. The summed E-state index contributed by atoms with van der Waals surface area (Å²) >= 11 is 1.54. The molecule has 9 heteroatoms. The summed E-state index contributed by atoms with van der Waals surface area (Å²) in [4.78, 5) is 18.0. The Kier molecular flexibility index (Phi) is 15.0. The number of hydrogen-bond donors (Lipinski definition) is 3. The second-order valence-corrected chi connectivity index (χ2v) is 13.7. The first-order chi connectivity index (χ1) is 25.5. The van der Waals surface area contributed by atoms with Gasteiger partial charge in [-0.2, -0.15) is 5.10 Å². The lowest BCUT2D eigenvalue weighted by molar-refractivity contribution is 0.102. The third-order valence-corrected chi connectivity index (χ3v) is 9.62. The molecule has 0 aliphatic carbocycles. The molecule has 4 aromatic carbocycles. The molecule has 1 aromatic heterocycles. The Labute approximate surface area is 311 Å². The Morgan fingerprint density at radius 3 is 2.31 bits per heavy atom. The van der Waals surface area contributed by atoms with E-state index in [0.717, 1.165) is 72.0 Å². The molecule has 0 aliphatic heterocycles. The number of aryl methyl sites for hydroxylation is 3. The van der Waals surface area contributed by atoms with Gasteiger partial charge in [0.15, 0.2) is 0 Å². The van der Waals surface area contributed by atoms with E-state index in [0.29, 0.717) is 29.6 Å². The van der Waals surface area contributed by atoms with Crippen LogP contribution in [0.15, 0.2) is 109 Å². The van der Waals surface area contributed by atoms with Crippen molar-refractivity contribution < 1.29 is 14.3 Å². The summed E-state index contributed by atoms with van der Waals surface area (Å²) in [6.45, 7) is 6.88. The van der Waals surface area contributed by atoms with Crippen LogP contribution >= 0.6 is 11.3 Å². The maximum Gasteiger partial charge on any atom is 0.255 e. The van der Waals surface area contributed by atoms with Gasteiger partial charge in [-0.1, -0.05) is 80.1 Å². The van der Waals surface area contributed by atoms with Crippen molar-refractivity contribution >= 4 is 50.4 Å². The van der Waals surface area contributed by atoms with Gasteiger partial charge >= 0.3 is 0 Å². The highest BCUT2D eigenvalue weighted by Crippen LogP contribution is 2.26. The number of amides is 1. The Morgan fingerprint density at radius 1 is 0.846 bits per heavy atom. The van der Waals surface area contributed by atoms with Crippen molar-refractivity contribution in [3.8, 4) is 5.75 Å². The average Bonchev–Trinajstić information content (AvgIpc) is 3.59. The predicted molar refractivity (Wildman–Crippen MR) is 217 cm³/mol. The molecule has 0 saturated carbocycles. The number of carbonyl (C=O) groups is 1. The fourth-order valence-corrected chi connectivity index (χ4v) is 6.51. The van der Waals surface area contributed by atoms with E-state index in [2.05, 4.69) is 70.7 Å². The van der Waals surface area contributed by atoms with Crippen LogP contribution in [0, 0.1) is 5.41 Å². The number of thiazole rings is 1. The van der Waals surface area contributed by atoms with Gasteiger partial charge in [-0.05, 0) is 123 Å². The highest BCUT2D eigenvalue weighted by atomic mass is 32.1. The lowest BCUT2D eigenvalue weighted by Gasteiger charge is -2.12. The Bertz CT molecular complexity index is 1880. The van der Waals surface area contributed by atoms with Crippen LogP contribution < -0.4 is 15.5 Å². The van der Waals surface area contributed by atoms with Crippen molar-refractivity contribution in [2.24, 2.45) is 5.10 Å². The van der Waals surface area contributed by atoms with Crippen molar-refractivity contribution in [2.75, 3.05) is 24.0 Å². The molecule has 1 amide bonds. The number of ether oxygens (including phenoxy) is 2. The molecule has 52 heavy (non-hydrogen) atoms. The van der Waals surface area contributed by atoms with E-state index in [-0.39, 0.29) is 11.8 Å². The predicted octanol–water partition coefficient (Wildman–Crippen LogP) is 10.6. The first-order valence-corrected chi connectivity index (χ1v) is 19.1. The summed E-state index contributed by atoms with van der Waals surface area (Å²) in [5, 5.41) is 15.7. The zero-order valence-corrected chi connectivity index (χ0v) is 30.9. The van der Waals surface area contributed by atoms with Crippen LogP contribution in [-0.2, 0) is 24.0 Å². The van der Waals surface area contributed by atoms with E-state index in [1.54, 1.807) is 29.7 Å². The summed E-state index contributed by atoms with van der Waals surface area (Å²) in [7, 11) is 0. The molecule has 270 valence electrons. The number of hydrogen-bond acceptors (Lipinski definition) is 8. The normalized spacial score (nSPS) is 11.1. The molecule has 0 radical (unpaired) electrons. The van der Waals surface area contributed by atoms with Crippen LogP contribution in [-0.4, -0.2) is 36.2 Å².